The topological polar surface area (TPSA) is 70.2 Å². The van der Waals surface area contributed by atoms with E-state index < -0.39 is 0 Å². The number of hydrogen-bond donors (Lipinski definition) is 3. The summed E-state index contributed by atoms with van der Waals surface area (Å²) in [5.74, 6) is -0.113. The minimum absolute atomic E-state index is 0. The normalized spacial score (nSPS) is 16.1. The molecule has 1 fully saturated rings. The highest BCUT2D eigenvalue weighted by atomic mass is 35.5. The summed E-state index contributed by atoms with van der Waals surface area (Å²) in [5.41, 5.74) is 2.50. The molecule has 6 heteroatoms. The zero-order valence-corrected chi connectivity index (χ0v) is 16.1. The smallest absolute Gasteiger partial charge is 0.251 e. The summed E-state index contributed by atoms with van der Waals surface area (Å²) < 4.78 is 0. The van der Waals surface area contributed by atoms with E-state index in [4.69, 9.17) is 0 Å². The minimum Gasteiger partial charge on any atom is -0.352 e. The van der Waals surface area contributed by atoms with E-state index in [0.717, 1.165) is 32.2 Å². The Balaban J connectivity index is 0.00000261. The molecule has 0 radical (unpaired) electrons. The fraction of sp³-hybridized carbons (Fsp3) is 0.333. The van der Waals surface area contributed by atoms with Crippen LogP contribution in [0.25, 0.3) is 0 Å². The van der Waals surface area contributed by atoms with Gasteiger partial charge in [0.1, 0.15) is 0 Å². The molecule has 1 atom stereocenters. The van der Waals surface area contributed by atoms with Crippen molar-refractivity contribution in [3.8, 4) is 0 Å². The third kappa shape index (κ3) is 6.38. The summed E-state index contributed by atoms with van der Waals surface area (Å²) in [4.78, 5) is 24.4. The van der Waals surface area contributed by atoms with Crippen LogP contribution in [0.1, 0.15) is 35.2 Å². The molecule has 27 heavy (non-hydrogen) atoms. The molecule has 1 heterocycles. The molecule has 1 aliphatic rings. The molecule has 0 saturated carbocycles. The number of nitrogens with one attached hydrogen (secondary N) is 3. The van der Waals surface area contributed by atoms with Crippen LogP contribution >= 0.6 is 12.4 Å². The minimum atomic E-state index is -0.121. The summed E-state index contributed by atoms with van der Waals surface area (Å²) >= 11 is 0. The van der Waals surface area contributed by atoms with Crippen molar-refractivity contribution in [2.75, 3.05) is 18.4 Å². The third-order valence-electron chi connectivity index (χ3n) is 4.58. The molecule has 2 aromatic rings. The van der Waals surface area contributed by atoms with Crippen molar-refractivity contribution in [1.82, 2.24) is 10.6 Å². The van der Waals surface area contributed by atoms with Crippen molar-refractivity contribution in [3.63, 3.8) is 0 Å². The van der Waals surface area contributed by atoms with E-state index in [-0.39, 0.29) is 30.3 Å². The lowest BCUT2D eigenvalue weighted by molar-refractivity contribution is -0.118. The summed E-state index contributed by atoms with van der Waals surface area (Å²) in [6.45, 7) is 1.48. The molecule has 3 rings (SSSR count). The highest BCUT2D eigenvalue weighted by Crippen LogP contribution is 2.13. The number of rotatable bonds is 6. The van der Waals surface area contributed by atoms with Crippen molar-refractivity contribution < 1.29 is 9.59 Å². The molecule has 1 saturated heterocycles. The zero-order valence-electron chi connectivity index (χ0n) is 15.2. The molecular weight excluding hydrogens is 362 g/mol. The van der Waals surface area contributed by atoms with Gasteiger partial charge in [-0.15, -0.1) is 12.4 Å². The maximum Gasteiger partial charge on any atom is 0.251 e. The van der Waals surface area contributed by atoms with Gasteiger partial charge in [0, 0.05) is 17.8 Å². The van der Waals surface area contributed by atoms with Gasteiger partial charge in [0.2, 0.25) is 5.91 Å². The molecular formula is C21H26ClN3O2. The van der Waals surface area contributed by atoms with Crippen molar-refractivity contribution in [2.45, 2.75) is 31.7 Å². The van der Waals surface area contributed by atoms with Crippen LogP contribution in [0, 0.1) is 0 Å². The Kier molecular flexibility index (Phi) is 8.30. The number of piperidine rings is 1. The molecule has 0 bridgehead atoms. The van der Waals surface area contributed by atoms with E-state index in [2.05, 4.69) is 16.0 Å². The molecule has 0 aliphatic carbocycles. The number of halogens is 1. The van der Waals surface area contributed by atoms with E-state index in [9.17, 15) is 9.59 Å². The van der Waals surface area contributed by atoms with Gasteiger partial charge >= 0.3 is 0 Å². The molecule has 0 aromatic heterocycles. The summed E-state index contributed by atoms with van der Waals surface area (Å²) in [5, 5.41) is 9.06. The highest BCUT2D eigenvalue weighted by molar-refractivity contribution is 5.97. The lowest BCUT2D eigenvalue weighted by Crippen LogP contribution is -2.43. The van der Waals surface area contributed by atoms with Gasteiger partial charge in [0.05, 0.1) is 6.04 Å². The monoisotopic (exact) mass is 387 g/mol. The van der Waals surface area contributed by atoms with Crippen LogP contribution in [0.4, 0.5) is 5.69 Å². The Hall–Kier alpha value is -2.37. The molecule has 1 unspecified atom stereocenters. The van der Waals surface area contributed by atoms with Crippen LogP contribution in [-0.2, 0) is 11.2 Å². The number of carbonyl (C=O) groups is 2. The number of anilines is 1. The van der Waals surface area contributed by atoms with Crippen LogP contribution in [0.3, 0.4) is 0 Å². The van der Waals surface area contributed by atoms with Gasteiger partial charge in [-0.3, -0.25) is 9.59 Å². The fourth-order valence-corrected chi connectivity index (χ4v) is 3.08. The molecule has 2 aromatic carbocycles. The van der Waals surface area contributed by atoms with Gasteiger partial charge in [0.15, 0.2) is 0 Å². The lowest BCUT2D eigenvalue weighted by Gasteiger charge is -2.22. The Labute approximate surface area is 166 Å². The largest absolute Gasteiger partial charge is 0.352 e. The molecule has 144 valence electrons. The maximum atomic E-state index is 12.2. The summed E-state index contributed by atoms with van der Waals surface area (Å²) in [7, 11) is 0. The van der Waals surface area contributed by atoms with Gasteiger partial charge in [-0.05, 0) is 55.6 Å². The lowest BCUT2D eigenvalue weighted by atomic mass is 10.0. The van der Waals surface area contributed by atoms with E-state index in [1.54, 1.807) is 24.3 Å². The molecule has 0 spiro atoms. The van der Waals surface area contributed by atoms with Crippen molar-refractivity contribution in [1.29, 1.82) is 0 Å². The van der Waals surface area contributed by atoms with Crippen molar-refractivity contribution in [2.24, 2.45) is 0 Å². The molecule has 2 amide bonds. The van der Waals surface area contributed by atoms with Gasteiger partial charge < -0.3 is 16.0 Å². The maximum absolute atomic E-state index is 12.2. The standard InChI is InChI=1S/C21H25N3O2.ClH/c25-20(23-15-13-16-6-2-1-3-7-16)17-9-11-18(12-10-17)24-21(26)19-8-4-5-14-22-19;/h1-3,6-7,9-12,19,22H,4-5,8,13-15H2,(H,23,25)(H,24,26);1H. The molecule has 1 aliphatic heterocycles. The van der Waals surface area contributed by atoms with Gasteiger partial charge in [0.25, 0.3) is 5.91 Å². The summed E-state index contributed by atoms with van der Waals surface area (Å²) in [6, 6.07) is 17.0. The Morgan fingerprint density at radius 1 is 1.00 bits per heavy atom. The van der Waals surface area contributed by atoms with Crippen LogP contribution in [0.2, 0.25) is 0 Å². The Bertz CT molecular complexity index is 729. The van der Waals surface area contributed by atoms with Crippen LogP contribution < -0.4 is 16.0 Å². The molecule has 5 nitrogen and oxygen atoms in total. The first-order valence-electron chi connectivity index (χ1n) is 9.19. The first kappa shape index (κ1) is 20.9. The number of hydrogen-bond acceptors (Lipinski definition) is 3. The zero-order chi connectivity index (χ0) is 18.2. The van der Waals surface area contributed by atoms with Crippen LogP contribution in [0.15, 0.2) is 54.6 Å². The second-order valence-electron chi connectivity index (χ2n) is 6.56. The fourth-order valence-electron chi connectivity index (χ4n) is 3.08. The van der Waals surface area contributed by atoms with E-state index in [1.165, 1.54) is 5.56 Å². The second-order valence-corrected chi connectivity index (χ2v) is 6.56. The number of benzene rings is 2. The average molecular weight is 388 g/mol. The van der Waals surface area contributed by atoms with E-state index >= 15 is 0 Å². The summed E-state index contributed by atoms with van der Waals surface area (Å²) in [6.07, 6.45) is 3.87. The first-order valence-corrected chi connectivity index (χ1v) is 9.19. The highest BCUT2D eigenvalue weighted by Gasteiger charge is 2.20. The predicted molar refractivity (Wildman–Crippen MR) is 110 cm³/mol. The number of amides is 2. The van der Waals surface area contributed by atoms with E-state index in [0.29, 0.717) is 17.8 Å². The molecule has 3 N–H and O–H groups in total. The SMILES string of the molecule is Cl.O=C(NCCc1ccccc1)c1ccc(NC(=O)C2CCCCN2)cc1. The first-order chi connectivity index (χ1) is 12.7. The van der Waals surface area contributed by atoms with Crippen molar-refractivity contribution >= 4 is 29.9 Å². The van der Waals surface area contributed by atoms with Crippen molar-refractivity contribution in [3.05, 3.63) is 65.7 Å². The predicted octanol–water partition coefficient (Wildman–Crippen LogP) is 3.16. The van der Waals surface area contributed by atoms with Gasteiger partial charge in [-0.2, -0.15) is 0 Å². The van der Waals surface area contributed by atoms with Crippen LogP contribution in [0.5, 0.6) is 0 Å². The van der Waals surface area contributed by atoms with Gasteiger partial charge in [-0.1, -0.05) is 36.8 Å². The average Bonchev–Trinajstić information content (AvgIpc) is 2.70. The Morgan fingerprint density at radius 3 is 2.41 bits per heavy atom. The van der Waals surface area contributed by atoms with E-state index in [1.807, 2.05) is 30.3 Å². The number of carbonyl (C=O) groups excluding carboxylic acids is 2. The second kappa shape index (κ2) is 10.7. The Morgan fingerprint density at radius 2 is 1.74 bits per heavy atom. The van der Waals surface area contributed by atoms with Crippen LogP contribution in [-0.4, -0.2) is 30.9 Å². The van der Waals surface area contributed by atoms with Gasteiger partial charge in [-0.25, -0.2) is 0 Å². The third-order valence-corrected chi connectivity index (χ3v) is 4.58. The quantitative estimate of drug-likeness (QED) is 0.713.